The summed E-state index contributed by atoms with van der Waals surface area (Å²) in [5.74, 6) is 1.66. The third-order valence-electron chi connectivity index (χ3n) is 4.76. The minimum atomic E-state index is -0.211. The number of ether oxygens (including phenoxy) is 3. The fourth-order valence-corrected chi connectivity index (χ4v) is 3.33. The van der Waals surface area contributed by atoms with Crippen LogP contribution in [0.1, 0.15) is 35.8 Å². The van der Waals surface area contributed by atoms with Crippen LogP contribution >= 0.6 is 0 Å². The summed E-state index contributed by atoms with van der Waals surface area (Å²) >= 11 is 0. The first-order valence-corrected chi connectivity index (χ1v) is 9.28. The van der Waals surface area contributed by atoms with E-state index in [-0.39, 0.29) is 30.4 Å². The molecule has 2 aliphatic rings. The van der Waals surface area contributed by atoms with Gasteiger partial charge in [0.25, 0.3) is 11.8 Å². The molecule has 28 heavy (non-hydrogen) atoms. The Hall–Kier alpha value is -3.22. The van der Waals surface area contributed by atoms with Crippen molar-refractivity contribution in [3.63, 3.8) is 0 Å². The highest BCUT2D eigenvalue weighted by molar-refractivity contribution is 5.99. The average molecular weight is 382 g/mol. The van der Waals surface area contributed by atoms with Crippen LogP contribution in [0, 0.1) is 5.92 Å². The predicted octanol–water partition coefficient (Wildman–Crippen LogP) is 2.92. The Balaban J connectivity index is 1.55. The Morgan fingerprint density at radius 1 is 1.00 bits per heavy atom. The number of fused-ring (bicyclic) bond motifs is 2. The Morgan fingerprint density at radius 2 is 1.79 bits per heavy atom. The summed E-state index contributed by atoms with van der Waals surface area (Å²) in [5, 5.41) is 5.81. The second-order valence-corrected chi connectivity index (χ2v) is 7.15. The van der Waals surface area contributed by atoms with Crippen LogP contribution < -0.4 is 24.8 Å². The minimum absolute atomic E-state index is 0.0517. The van der Waals surface area contributed by atoms with E-state index >= 15 is 0 Å². The number of hydrogen-bond acceptors (Lipinski definition) is 5. The molecule has 2 heterocycles. The van der Waals surface area contributed by atoms with Gasteiger partial charge in [-0.1, -0.05) is 19.9 Å². The number of carbonyl (C=O) groups is 2. The number of hydrogen-bond donors (Lipinski definition) is 2. The molecule has 2 aromatic rings. The summed E-state index contributed by atoms with van der Waals surface area (Å²) in [4.78, 5) is 24.3. The van der Waals surface area contributed by atoms with E-state index in [0.717, 1.165) is 11.3 Å². The molecule has 0 radical (unpaired) electrons. The second-order valence-electron chi connectivity index (χ2n) is 7.15. The van der Waals surface area contributed by atoms with Gasteiger partial charge < -0.3 is 24.8 Å². The monoisotopic (exact) mass is 382 g/mol. The maximum atomic E-state index is 12.9. The quantitative estimate of drug-likeness (QED) is 0.849. The number of anilines is 1. The second kappa shape index (κ2) is 7.42. The minimum Gasteiger partial charge on any atom is -0.486 e. The molecule has 0 saturated heterocycles. The molecule has 4 rings (SSSR count). The number of nitrogens with one attached hydrogen (secondary N) is 2. The molecule has 0 unspecified atom stereocenters. The summed E-state index contributed by atoms with van der Waals surface area (Å²) < 4.78 is 16.6. The van der Waals surface area contributed by atoms with Crippen molar-refractivity contribution in [1.82, 2.24) is 5.32 Å². The van der Waals surface area contributed by atoms with Gasteiger partial charge in [-0.2, -0.15) is 0 Å². The average Bonchev–Trinajstić information content (AvgIpc) is 2.70. The molecule has 0 bridgehead atoms. The zero-order valence-corrected chi connectivity index (χ0v) is 15.8. The third kappa shape index (κ3) is 3.60. The van der Waals surface area contributed by atoms with Gasteiger partial charge in [0.05, 0.1) is 11.7 Å². The highest BCUT2D eigenvalue weighted by atomic mass is 16.6. The van der Waals surface area contributed by atoms with Gasteiger partial charge in [-0.05, 0) is 41.8 Å². The van der Waals surface area contributed by atoms with Crippen molar-refractivity contribution < 1.29 is 23.8 Å². The van der Waals surface area contributed by atoms with Crippen molar-refractivity contribution >= 4 is 17.5 Å². The lowest BCUT2D eigenvalue weighted by Crippen LogP contribution is -2.32. The molecule has 2 aliphatic heterocycles. The molecular weight excluding hydrogens is 360 g/mol. The molecule has 146 valence electrons. The lowest BCUT2D eigenvalue weighted by atomic mass is 9.95. The molecule has 7 heteroatoms. The molecule has 2 amide bonds. The predicted molar refractivity (Wildman–Crippen MR) is 103 cm³/mol. The zero-order chi connectivity index (χ0) is 19.7. The molecule has 0 aromatic heterocycles. The molecule has 0 spiro atoms. The molecule has 0 saturated carbocycles. The number of carbonyl (C=O) groups excluding carboxylic acids is 2. The van der Waals surface area contributed by atoms with Gasteiger partial charge in [-0.3, -0.25) is 9.59 Å². The van der Waals surface area contributed by atoms with Gasteiger partial charge in [0.1, 0.15) is 19.0 Å². The molecule has 0 aliphatic carbocycles. The highest BCUT2D eigenvalue weighted by Crippen LogP contribution is 2.35. The molecule has 0 fully saturated rings. The van der Waals surface area contributed by atoms with Gasteiger partial charge >= 0.3 is 0 Å². The van der Waals surface area contributed by atoms with Crippen LogP contribution in [0.2, 0.25) is 0 Å². The SMILES string of the molecule is CC(C)[C@H](NC(=O)c1ccc2c(c1)OCC(=O)N2)c1ccc2c(c1)OCCO2. The van der Waals surface area contributed by atoms with Gasteiger partial charge in [-0.25, -0.2) is 0 Å². The van der Waals surface area contributed by atoms with Crippen LogP contribution in [-0.4, -0.2) is 31.6 Å². The van der Waals surface area contributed by atoms with Crippen LogP contribution in [-0.2, 0) is 4.79 Å². The fraction of sp³-hybridized carbons (Fsp3) is 0.333. The van der Waals surface area contributed by atoms with E-state index in [2.05, 4.69) is 10.6 Å². The summed E-state index contributed by atoms with van der Waals surface area (Å²) in [6, 6.07) is 10.5. The smallest absolute Gasteiger partial charge is 0.262 e. The molecular formula is C21H22N2O5. The van der Waals surface area contributed by atoms with Crippen molar-refractivity contribution in [2.75, 3.05) is 25.1 Å². The maximum absolute atomic E-state index is 12.9. The van der Waals surface area contributed by atoms with Crippen molar-refractivity contribution in [3.8, 4) is 17.2 Å². The Bertz CT molecular complexity index is 925. The van der Waals surface area contributed by atoms with Crippen molar-refractivity contribution in [1.29, 1.82) is 0 Å². The molecule has 7 nitrogen and oxygen atoms in total. The number of rotatable bonds is 4. The van der Waals surface area contributed by atoms with Crippen molar-refractivity contribution in [2.45, 2.75) is 19.9 Å². The van der Waals surface area contributed by atoms with E-state index in [9.17, 15) is 9.59 Å². The first kappa shape index (κ1) is 18.2. The topological polar surface area (TPSA) is 85.9 Å². The third-order valence-corrected chi connectivity index (χ3v) is 4.76. The van der Waals surface area contributed by atoms with Crippen LogP contribution in [0.4, 0.5) is 5.69 Å². The molecule has 1 atom stereocenters. The normalized spacial score (nSPS) is 15.9. The van der Waals surface area contributed by atoms with Crippen LogP contribution in [0.25, 0.3) is 0 Å². The van der Waals surface area contributed by atoms with Gasteiger partial charge in [0.2, 0.25) is 0 Å². The van der Waals surface area contributed by atoms with E-state index in [1.165, 1.54) is 0 Å². The summed E-state index contributed by atoms with van der Waals surface area (Å²) in [7, 11) is 0. The molecule has 2 aromatic carbocycles. The van der Waals surface area contributed by atoms with Crippen molar-refractivity contribution in [2.24, 2.45) is 5.92 Å². The molecule has 2 N–H and O–H groups in total. The van der Waals surface area contributed by atoms with E-state index in [4.69, 9.17) is 14.2 Å². The summed E-state index contributed by atoms with van der Waals surface area (Å²) in [6.07, 6.45) is 0. The van der Waals surface area contributed by atoms with E-state index < -0.39 is 0 Å². The summed E-state index contributed by atoms with van der Waals surface area (Å²) in [5.41, 5.74) is 1.99. The lowest BCUT2D eigenvalue weighted by molar-refractivity contribution is -0.118. The van der Waals surface area contributed by atoms with Crippen LogP contribution in [0.5, 0.6) is 17.2 Å². The standard InChI is InChI=1S/C21H22N2O5/c1-12(2)20(13-4-6-16-18(9-13)27-8-7-26-16)23-21(25)14-3-5-15-17(10-14)28-11-19(24)22-15/h3-6,9-10,12,20H,7-8,11H2,1-2H3,(H,22,24)(H,23,25)/t20-/m0/s1. The Morgan fingerprint density at radius 3 is 2.57 bits per heavy atom. The first-order valence-electron chi connectivity index (χ1n) is 9.28. The lowest BCUT2D eigenvalue weighted by Gasteiger charge is -2.26. The summed E-state index contributed by atoms with van der Waals surface area (Å²) in [6.45, 7) is 5.10. The van der Waals surface area contributed by atoms with E-state index in [1.807, 2.05) is 32.0 Å². The number of benzene rings is 2. The van der Waals surface area contributed by atoms with Crippen LogP contribution in [0.3, 0.4) is 0 Å². The highest BCUT2D eigenvalue weighted by Gasteiger charge is 2.23. The van der Waals surface area contributed by atoms with Crippen LogP contribution in [0.15, 0.2) is 36.4 Å². The Labute approximate surface area is 163 Å². The van der Waals surface area contributed by atoms with Gasteiger partial charge in [0.15, 0.2) is 18.1 Å². The van der Waals surface area contributed by atoms with Crippen molar-refractivity contribution in [3.05, 3.63) is 47.5 Å². The first-order chi connectivity index (χ1) is 13.5. The largest absolute Gasteiger partial charge is 0.486 e. The zero-order valence-electron chi connectivity index (χ0n) is 15.8. The van der Waals surface area contributed by atoms with Gasteiger partial charge in [-0.15, -0.1) is 0 Å². The van der Waals surface area contributed by atoms with E-state index in [1.54, 1.807) is 18.2 Å². The number of amides is 2. The van der Waals surface area contributed by atoms with Gasteiger partial charge in [0, 0.05) is 5.56 Å². The maximum Gasteiger partial charge on any atom is 0.262 e. The fourth-order valence-electron chi connectivity index (χ4n) is 3.33. The Kier molecular flexibility index (Phi) is 4.81. The van der Waals surface area contributed by atoms with E-state index in [0.29, 0.717) is 36.0 Å².